The molecule has 0 radical (unpaired) electrons. The number of anilines is 3. The molecule has 8 heteroatoms. The zero-order valence-electron chi connectivity index (χ0n) is 17.4. The fourth-order valence-electron chi connectivity index (χ4n) is 4.08. The van der Waals surface area contributed by atoms with Gasteiger partial charge in [-0.1, -0.05) is 30.9 Å². The molecule has 1 aromatic heterocycles. The van der Waals surface area contributed by atoms with Crippen molar-refractivity contribution in [3.05, 3.63) is 41.0 Å². The number of hydrogen-bond donors (Lipinski definition) is 2. The Morgan fingerprint density at radius 1 is 1.03 bits per heavy atom. The maximum Gasteiger partial charge on any atom is 0.321 e. The number of nitrogens with zero attached hydrogens (tertiary/aromatic N) is 4. The Bertz CT molecular complexity index is 860. The largest absolute Gasteiger partial charge is 0.353 e. The van der Waals surface area contributed by atoms with Gasteiger partial charge in [0.2, 0.25) is 5.95 Å². The number of hydrogen-bond acceptors (Lipinski definition) is 5. The zero-order valence-corrected chi connectivity index (χ0v) is 18.2. The van der Waals surface area contributed by atoms with Crippen LogP contribution in [0.4, 0.5) is 22.2 Å². The van der Waals surface area contributed by atoms with Crippen LogP contribution < -0.4 is 15.5 Å². The molecule has 1 saturated heterocycles. The molecule has 1 aromatic carbocycles. The zero-order chi connectivity index (χ0) is 20.9. The Morgan fingerprint density at radius 3 is 2.43 bits per heavy atom. The minimum atomic E-state index is -0.0875. The molecule has 30 heavy (non-hydrogen) atoms. The van der Waals surface area contributed by atoms with Crippen molar-refractivity contribution in [1.29, 1.82) is 0 Å². The molecule has 2 heterocycles. The molecule has 160 valence electrons. The summed E-state index contributed by atoms with van der Waals surface area (Å²) >= 11 is 5.90. The van der Waals surface area contributed by atoms with Gasteiger partial charge in [0, 0.05) is 54.7 Å². The Balaban J connectivity index is 1.34. The van der Waals surface area contributed by atoms with Gasteiger partial charge in [0.05, 0.1) is 0 Å². The van der Waals surface area contributed by atoms with Crippen molar-refractivity contribution in [1.82, 2.24) is 14.9 Å². The van der Waals surface area contributed by atoms with Crippen LogP contribution in [0.25, 0.3) is 0 Å². The lowest BCUT2D eigenvalue weighted by molar-refractivity contribution is 0.208. The average Bonchev–Trinajstić information content (AvgIpc) is 2.76. The summed E-state index contributed by atoms with van der Waals surface area (Å²) in [5.74, 6) is 1.65. The number of halogens is 1. The molecule has 1 saturated carbocycles. The van der Waals surface area contributed by atoms with Crippen molar-refractivity contribution in [2.24, 2.45) is 0 Å². The number of carbonyl (C=O) groups is 1. The predicted octanol–water partition coefficient (Wildman–Crippen LogP) is 4.54. The molecule has 2 amide bonds. The van der Waals surface area contributed by atoms with Crippen molar-refractivity contribution in [3.63, 3.8) is 0 Å². The average molecular weight is 429 g/mol. The number of rotatable bonds is 4. The molecular weight excluding hydrogens is 400 g/mol. The van der Waals surface area contributed by atoms with Gasteiger partial charge in [0.1, 0.15) is 5.82 Å². The van der Waals surface area contributed by atoms with Gasteiger partial charge in [0.15, 0.2) is 0 Å². The number of piperazine rings is 1. The Morgan fingerprint density at radius 2 is 1.73 bits per heavy atom. The predicted molar refractivity (Wildman–Crippen MR) is 122 cm³/mol. The molecule has 2 aliphatic rings. The number of aryl methyl sites for hydroxylation is 1. The van der Waals surface area contributed by atoms with E-state index in [1.807, 2.05) is 17.9 Å². The lowest BCUT2D eigenvalue weighted by atomic mass is 9.96. The summed E-state index contributed by atoms with van der Waals surface area (Å²) in [6.07, 6.45) is 6.25. The number of carbonyl (C=O) groups excluding carboxylic acids is 1. The molecule has 2 N–H and O–H groups in total. The van der Waals surface area contributed by atoms with Crippen LogP contribution in [0, 0.1) is 6.92 Å². The van der Waals surface area contributed by atoms with Crippen LogP contribution >= 0.6 is 11.6 Å². The molecule has 2 fully saturated rings. The van der Waals surface area contributed by atoms with E-state index in [1.54, 1.807) is 24.3 Å². The third-order valence-electron chi connectivity index (χ3n) is 5.77. The molecule has 0 spiro atoms. The summed E-state index contributed by atoms with van der Waals surface area (Å²) in [6, 6.07) is 9.56. The Hall–Kier alpha value is -2.54. The van der Waals surface area contributed by atoms with Gasteiger partial charge in [0.25, 0.3) is 0 Å². The minimum Gasteiger partial charge on any atom is -0.353 e. The van der Waals surface area contributed by atoms with Gasteiger partial charge in [-0.15, -0.1) is 0 Å². The van der Waals surface area contributed by atoms with Gasteiger partial charge < -0.3 is 20.4 Å². The van der Waals surface area contributed by atoms with Crippen LogP contribution in [-0.2, 0) is 0 Å². The lowest BCUT2D eigenvalue weighted by Crippen LogP contribution is -2.50. The van der Waals surface area contributed by atoms with E-state index in [-0.39, 0.29) is 6.03 Å². The van der Waals surface area contributed by atoms with E-state index < -0.39 is 0 Å². The third-order valence-corrected chi connectivity index (χ3v) is 6.02. The maximum absolute atomic E-state index is 12.6. The van der Waals surface area contributed by atoms with Crippen LogP contribution in [0.2, 0.25) is 5.02 Å². The van der Waals surface area contributed by atoms with Crippen molar-refractivity contribution in [2.75, 3.05) is 41.7 Å². The second-order valence-electron chi connectivity index (χ2n) is 8.08. The normalized spacial score (nSPS) is 17.7. The monoisotopic (exact) mass is 428 g/mol. The first-order valence-electron chi connectivity index (χ1n) is 10.8. The number of urea groups is 1. The molecule has 0 atom stereocenters. The van der Waals surface area contributed by atoms with Gasteiger partial charge in [-0.05, 0) is 44.0 Å². The number of benzene rings is 1. The summed E-state index contributed by atoms with van der Waals surface area (Å²) in [7, 11) is 0. The van der Waals surface area contributed by atoms with Gasteiger partial charge in [-0.25, -0.2) is 9.78 Å². The molecule has 0 unspecified atom stereocenters. The van der Waals surface area contributed by atoms with Crippen molar-refractivity contribution < 1.29 is 4.79 Å². The molecule has 7 nitrogen and oxygen atoms in total. The Labute approximate surface area is 182 Å². The van der Waals surface area contributed by atoms with Crippen molar-refractivity contribution in [2.45, 2.75) is 45.1 Å². The first kappa shape index (κ1) is 20.7. The Kier molecular flexibility index (Phi) is 6.57. The van der Waals surface area contributed by atoms with Crippen LogP contribution in [0.5, 0.6) is 0 Å². The van der Waals surface area contributed by atoms with Crippen LogP contribution in [0.1, 0.15) is 37.8 Å². The molecule has 2 aromatic rings. The SMILES string of the molecule is Cc1cc(N2CCN(C(=O)Nc3ccc(Cl)cc3)CC2)nc(NC2CCCCC2)n1. The minimum absolute atomic E-state index is 0.0875. The van der Waals surface area contributed by atoms with Crippen LogP contribution in [0.15, 0.2) is 30.3 Å². The molecule has 1 aliphatic carbocycles. The van der Waals surface area contributed by atoms with E-state index in [2.05, 4.69) is 20.5 Å². The van der Waals surface area contributed by atoms with Crippen molar-refractivity contribution >= 4 is 35.1 Å². The topological polar surface area (TPSA) is 73.4 Å². The summed E-state index contributed by atoms with van der Waals surface area (Å²) in [4.78, 5) is 26.0. The molecule has 4 rings (SSSR count). The first-order chi connectivity index (χ1) is 14.6. The maximum atomic E-state index is 12.6. The summed E-state index contributed by atoms with van der Waals surface area (Å²) in [5, 5.41) is 7.11. The fraction of sp³-hybridized carbons (Fsp3) is 0.500. The highest BCUT2D eigenvalue weighted by Gasteiger charge is 2.23. The number of amides is 2. The summed E-state index contributed by atoms with van der Waals surface area (Å²) in [6.45, 7) is 4.79. The molecular formula is C22H29ClN6O. The van der Waals surface area contributed by atoms with Gasteiger partial charge in [-0.2, -0.15) is 4.98 Å². The fourth-order valence-corrected chi connectivity index (χ4v) is 4.21. The smallest absolute Gasteiger partial charge is 0.321 e. The standard InChI is InChI=1S/C22H29ClN6O/c1-16-15-20(27-21(24-16)25-18-5-3-2-4-6-18)28-11-13-29(14-12-28)22(30)26-19-9-7-17(23)8-10-19/h7-10,15,18H,2-6,11-14H2,1H3,(H,26,30)(H,24,25,27). The second kappa shape index (κ2) is 9.51. The van der Waals surface area contributed by atoms with Crippen molar-refractivity contribution in [3.8, 4) is 0 Å². The van der Waals surface area contributed by atoms with E-state index in [0.717, 1.165) is 36.2 Å². The van der Waals surface area contributed by atoms with Crippen LogP contribution in [-0.4, -0.2) is 53.1 Å². The van der Waals surface area contributed by atoms with E-state index >= 15 is 0 Å². The summed E-state index contributed by atoms with van der Waals surface area (Å²) in [5.41, 5.74) is 1.71. The third kappa shape index (κ3) is 5.33. The highest BCUT2D eigenvalue weighted by atomic mass is 35.5. The summed E-state index contributed by atoms with van der Waals surface area (Å²) < 4.78 is 0. The van der Waals surface area contributed by atoms with Crippen LogP contribution in [0.3, 0.4) is 0 Å². The van der Waals surface area contributed by atoms with E-state index in [4.69, 9.17) is 16.6 Å². The quantitative estimate of drug-likeness (QED) is 0.748. The first-order valence-corrected chi connectivity index (χ1v) is 11.1. The highest BCUT2D eigenvalue weighted by Crippen LogP contribution is 2.22. The van der Waals surface area contributed by atoms with Gasteiger partial charge >= 0.3 is 6.03 Å². The molecule has 1 aliphatic heterocycles. The lowest BCUT2D eigenvalue weighted by Gasteiger charge is -2.35. The van der Waals surface area contributed by atoms with E-state index in [9.17, 15) is 4.79 Å². The van der Waals surface area contributed by atoms with E-state index in [0.29, 0.717) is 24.2 Å². The molecule has 0 bridgehead atoms. The second-order valence-corrected chi connectivity index (χ2v) is 8.52. The van der Waals surface area contributed by atoms with Gasteiger partial charge in [-0.3, -0.25) is 0 Å². The number of nitrogens with one attached hydrogen (secondary N) is 2. The number of aromatic nitrogens is 2. The highest BCUT2D eigenvalue weighted by molar-refractivity contribution is 6.30. The van der Waals surface area contributed by atoms with E-state index in [1.165, 1.54) is 32.1 Å².